The van der Waals surface area contributed by atoms with Crippen LogP contribution in [-0.4, -0.2) is 53.5 Å². The Morgan fingerprint density at radius 3 is 2.45 bits per heavy atom. The Labute approximate surface area is 236 Å². The molecule has 3 aliphatic rings. The van der Waals surface area contributed by atoms with E-state index in [0.717, 1.165) is 84.2 Å². The van der Waals surface area contributed by atoms with E-state index in [-0.39, 0.29) is 30.7 Å². The van der Waals surface area contributed by atoms with Crippen LogP contribution >= 0.6 is 0 Å². The zero-order valence-corrected chi connectivity index (χ0v) is 23.7. The van der Waals surface area contributed by atoms with Gasteiger partial charge in [-0.15, -0.1) is 0 Å². The third-order valence-electron chi connectivity index (χ3n) is 8.89. The highest BCUT2D eigenvalue weighted by atomic mass is 16.5. The van der Waals surface area contributed by atoms with Crippen molar-refractivity contribution in [3.05, 3.63) is 53.1 Å². The molecule has 7 heteroatoms. The monoisotopic (exact) mass is 541 g/mol. The molecule has 6 rings (SSSR count). The summed E-state index contributed by atoms with van der Waals surface area (Å²) in [6.07, 6.45) is 9.12. The second kappa shape index (κ2) is 11.1. The number of aryl methyl sites for hydroxylation is 1. The van der Waals surface area contributed by atoms with Gasteiger partial charge < -0.3 is 19.1 Å². The molecule has 1 saturated heterocycles. The summed E-state index contributed by atoms with van der Waals surface area (Å²) in [5, 5.41) is 0.926. The van der Waals surface area contributed by atoms with Gasteiger partial charge in [0.25, 0.3) is 0 Å². The summed E-state index contributed by atoms with van der Waals surface area (Å²) < 4.78 is 7.76. The van der Waals surface area contributed by atoms with Crippen molar-refractivity contribution < 1.29 is 19.1 Å². The lowest BCUT2D eigenvalue weighted by Gasteiger charge is -2.31. The van der Waals surface area contributed by atoms with Crippen molar-refractivity contribution in [2.75, 3.05) is 31.1 Å². The topological polar surface area (TPSA) is 71.8 Å². The van der Waals surface area contributed by atoms with Gasteiger partial charge in [-0.3, -0.25) is 9.59 Å². The number of ether oxygens (including phenoxy) is 1. The Kier molecular flexibility index (Phi) is 7.39. The third-order valence-corrected chi connectivity index (χ3v) is 8.89. The highest BCUT2D eigenvalue weighted by molar-refractivity contribution is 6.10. The van der Waals surface area contributed by atoms with Crippen LogP contribution in [0.2, 0.25) is 0 Å². The number of likely N-dealkylation sites (tertiary alicyclic amines) is 1. The summed E-state index contributed by atoms with van der Waals surface area (Å²) in [6, 6.07) is 12.4. The molecule has 1 saturated carbocycles. The van der Waals surface area contributed by atoms with Gasteiger partial charge in [0.1, 0.15) is 6.54 Å². The minimum atomic E-state index is -0.353. The molecule has 1 aromatic heterocycles. The first-order valence-electron chi connectivity index (χ1n) is 15.0. The SMILES string of the molecule is CCOC(=O)c1ccc2c(c1)c1c(n2C2CCCCC2)-c2ccc(C)cc2N(CC(=O)N2CCCCC2)C(=O)C1. The number of hydrogen-bond acceptors (Lipinski definition) is 4. The van der Waals surface area contributed by atoms with Crippen LogP contribution in [0.5, 0.6) is 0 Å². The number of amides is 2. The van der Waals surface area contributed by atoms with Crippen LogP contribution in [0.15, 0.2) is 36.4 Å². The highest BCUT2D eigenvalue weighted by Crippen LogP contribution is 2.46. The van der Waals surface area contributed by atoms with E-state index in [9.17, 15) is 14.4 Å². The van der Waals surface area contributed by atoms with Gasteiger partial charge in [-0.2, -0.15) is 0 Å². The molecule has 0 N–H and O–H groups in total. The number of benzene rings is 2. The predicted molar refractivity (Wildman–Crippen MR) is 157 cm³/mol. The van der Waals surface area contributed by atoms with E-state index < -0.39 is 0 Å². The maximum absolute atomic E-state index is 14.1. The highest BCUT2D eigenvalue weighted by Gasteiger charge is 2.34. The molecule has 40 heavy (non-hydrogen) atoms. The minimum absolute atomic E-state index is 0.0108. The van der Waals surface area contributed by atoms with Gasteiger partial charge in [0.05, 0.1) is 30.0 Å². The van der Waals surface area contributed by atoms with E-state index in [1.165, 1.54) is 19.3 Å². The maximum Gasteiger partial charge on any atom is 0.338 e. The van der Waals surface area contributed by atoms with Crippen molar-refractivity contribution in [1.82, 2.24) is 9.47 Å². The molecule has 0 atom stereocenters. The summed E-state index contributed by atoms with van der Waals surface area (Å²) in [5.41, 5.74) is 6.39. The molecule has 1 aliphatic carbocycles. The third kappa shape index (κ3) is 4.80. The number of carbonyl (C=O) groups excluding carboxylic acids is 3. The van der Waals surface area contributed by atoms with Crippen LogP contribution in [-0.2, 0) is 20.7 Å². The fourth-order valence-corrected chi connectivity index (χ4v) is 6.91. The summed E-state index contributed by atoms with van der Waals surface area (Å²) in [5.74, 6) is -0.426. The molecule has 0 unspecified atom stereocenters. The van der Waals surface area contributed by atoms with Gasteiger partial charge in [0, 0.05) is 35.6 Å². The van der Waals surface area contributed by atoms with E-state index in [1.54, 1.807) is 11.8 Å². The Morgan fingerprint density at radius 1 is 0.950 bits per heavy atom. The Balaban J connectivity index is 1.53. The van der Waals surface area contributed by atoms with Gasteiger partial charge in [0.15, 0.2) is 0 Å². The lowest BCUT2D eigenvalue weighted by atomic mass is 9.94. The lowest BCUT2D eigenvalue weighted by Crippen LogP contribution is -2.45. The zero-order chi connectivity index (χ0) is 27.8. The Morgan fingerprint density at radius 2 is 1.70 bits per heavy atom. The predicted octanol–water partition coefficient (Wildman–Crippen LogP) is 6.20. The zero-order valence-electron chi connectivity index (χ0n) is 23.7. The second-order valence-electron chi connectivity index (χ2n) is 11.6. The van der Waals surface area contributed by atoms with Crippen LogP contribution in [0.1, 0.15) is 85.8 Å². The summed E-state index contributed by atoms with van der Waals surface area (Å²) in [7, 11) is 0. The quantitative estimate of drug-likeness (QED) is 0.361. The molecular weight excluding hydrogens is 502 g/mol. The van der Waals surface area contributed by atoms with Gasteiger partial charge in [-0.05, 0) is 81.3 Å². The molecule has 3 aromatic rings. The number of aromatic nitrogens is 1. The van der Waals surface area contributed by atoms with E-state index in [0.29, 0.717) is 18.2 Å². The smallest absolute Gasteiger partial charge is 0.338 e. The average molecular weight is 542 g/mol. The fourth-order valence-electron chi connectivity index (χ4n) is 6.91. The summed E-state index contributed by atoms with van der Waals surface area (Å²) in [4.78, 5) is 43.8. The summed E-state index contributed by atoms with van der Waals surface area (Å²) >= 11 is 0. The first kappa shape index (κ1) is 26.6. The van der Waals surface area contributed by atoms with Crippen molar-refractivity contribution in [3.8, 4) is 11.3 Å². The van der Waals surface area contributed by atoms with Crippen molar-refractivity contribution in [2.24, 2.45) is 0 Å². The van der Waals surface area contributed by atoms with Crippen LogP contribution in [0.3, 0.4) is 0 Å². The Hall–Kier alpha value is -3.61. The molecule has 2 amide bonds. The van der Waals surface area contributed by atoms with Gasteiger partial charge >= 0.3 is 5.97 Å². The van der Waals surface area contributed by atoms with Gasteiger partial charge in [0.2, 0.25) is 11.8 Å². The summed E-state index contributed by atoms with van der Waals surface area (Å²) in [6.45, 7) is 5.71. The molecule has 3 heterocycles. The van der Waals surface area contributed by atoms with E-state index in [2.05, 4.69) is 22.8 Å². The molecule has 210 valence electrons. The van der Waals surface area contributed by atoms with E-state index >= 15 is 0 Å². The number of hydrogen-bond donors (Lipinski definition) is 0. The fraction of sp³-hybridized carbons (Fsp3) is 0.485. The van der Waals surface area contributed by atoms with Crippen molar-refractivity contribution in [3.63, 3.8) is 0 Å². The van der Waals surface area contributed by atoms with Gasteiger partial charge in [-0.1, -0.05) is 31.4 Å². The molecule has 7 nitrogen and oxygen atoms in total. The molecule has 2 fully saturated rings. The number of fused-ring (bicyclic) bond motifs is 5. The normalized spacial score (nSPS) is 17.9. The first-order valence-corrected chi connectivity index (χ1v) is 15.0. The molecule has 0 spiro atoms. The minimum Gasteiger partial charge on any atom is -0.462 e. The standard InChI is InChI=1S/C33H39N3O4/c1-3-40-33(39)23-13-15-28-26(19-23)27-20-30(37)35(21-31(38)34-16-8-5-9-17-34)29-18-22(2)12-14-25(29)32(27)36(28)24-10-6-4-7-11-24/h12-15,18-19,24H,3-11,16-17,20-21H2,1-2H3. The number of piperidine rings is 1. The largest absolute Gasteiger partial charge is 0.462 e. The van der Waals surface area contributed by atoms with Crippen molar-refractivity contribution in [1.29, 1.82) is 0 Å². The number of carbonyl (C=O) groups is 3. The maximum atomic E-state index is 14.1. The van der Waals surface area contributed by atoms with Crippen molar-refractivity contribution in [2.45, 2.75) is 77.7 Å². The number of esters is 1. The second-order valence-corrected chi connectivity index (χ2v) is 11.6. The van der Waals surface area contributed by atoms with E-state index in [4.69, 9.17) is 4.74 Å². The molecular formula is C33H39N3O4. The van der Waals surface area contributed by atoms with Gasteiger partial charge in [-0.25, -0.2) is 4.79 Å². The number of nitrogens with zero attached hydrogens (tertiary/aromatic N) is 3. The lowest BCUT2D eigenvalue weighted by molar-refractivity contribution is -0.132. The van der Waals surface area contributed by atoms with E-state index in [1.807, 2.05) is 30.0 Å². The first-order chi connectivity index (χ1) is 19.5. The van der Waals surface area contributed by atoms with Crippen LogP contribution in [0.4, 0.5) is 5.69 Å². The van der Waals surface area contributed by atoms with Crippen molar-refractivity contribution >= 4 is 34.4 Å². The number of rotatable bonds is 5. The molecule has 0 bridgehead atoms. The van der Waals surface area contributed by atoms with Crippen LogP contribution in [0.25, 0.3) is 22.2 Å². The molecule has 0 radical (unpaired) electrons. The molecule has 2 aromatic carbocycles. The average Bonchev–Trinajstić information content (AvgIpc) is 3.23. The number of anilines is 1. The Bertz CT molecular complexity index is 1460. The van der Waals surface area contributed by atoms with Crippen LogP contribution in [0, 0.1) is 6.92 Å². The van der Waals surface area contributed by atoms with Crippen LogP contribution < -0.4 is 4.90 Å². The molecule has 2 aliphatic heterocycles.